The summed E-state index contributed by atoms with van der Waals surface area (Å²) in [6.07, 6.45) is 9.90. The average molecular weight is 438 g/mol. The number of amides is 1. The van der Waals surface area contributed by atoms with E-state index < -0.39 is 0 Å². The number of carbonyl (C=O) groups excluding carboxylic acids is 1. The Labute approximate surface area is 188 Å². The van der Waals surface area contributed by atoms with E-state index in [4.69, 9.17) is 14.5 Å². The van der Waals surface area contributed by atoms with Gasteiger partial charge in [-0.25, -0.2) is 4.99 Å². The second-order valence-electron chi connectivity index (χ2n) is 7.95. The van der Waals surface area contributed by atoms with Crippen LogP contribution in [0.4, 0.5) is 0 Å². The lowest BCUT2D eigenvalue weighted by Crippen LogP contribution is -2.51. The Morgan fingerprint density at radius 1 is 1.31 bits per heavy atom. The molecule has 0 aromatic carbocycles. The van der Waals surface area contributed by atoms with E-state index in [1.165, 1.54) is 5.69 Å². The van der Waals surface area contributed by atoms with E-state index in [9.17, 15) is 4.79 Å². The Morgan fingerprint density at radius 2 is 2.25 bits per heavy atom. The molecule has 2 aliphatic heterocycles. The summed E-state index contributed by atoms with van der Waals surface area (Å²) in [6.45, 7) is 2.56. The van der Waals surface area contributed by atoms with Crippen molar-refractivity contribution in [3.05, 3.63) is 65.1 Å². The van der Waals surface area contributed by atoms with Crippen LogP contribution in [0, 0.1) is 0 Å². The number of morpholine rings is 1. The molecule has 0 saturated carbocycles. The van der Waals surface area contributed by atoms with Crippen LogP contribution >= 0.6 is 0 Å². The van der Waals surface area contributed by atoms with Crippen molar-refractivity contribution in [2.24, 2.45) is 4.99 Å². The SMILES string of the molecule is COC1=CC(c2ccc[nH]2)=NC1=Cc1ccc(CCCCCNC(=O)C2COCCN2)[nH]1. The number of aromatic nitrogens is 2. The number of hydrogen-bond donors (Lipinski definition) is 4. The normalized spacial score (nSPS) is 19.7. The van der Waals surface area contributed by atoms with Gasteiger partial charge in [-0.1, -0.05) is 6.42 Å². The molecule has 4 rings (SSSR count). The highest BCUT2D eigenvalue weighted by Gasteiger charge is 2.20. The average Bonchev–Trinajstić information content (AvgIpc) is 3.58. The molecule has 1 saturated heterocycles. The topological polar surface area (TPSA) is 104 Å². The standard InChI is InChI=1S/C24H31N5O3/c1-31-23-15-20(19-7-5-11-25-19)29-21(23)14-18-9-8-17(28-18)6-3-2-4-10-27-24(30)22-16-32-13-12-26-22/h5,7-9,11,14-15,22,25-26,28H,2-4,6,10,12-13,16H2,1H3,(H,27,30). The van der Waals surface area contributed by atoms with E-state index in [1.807, 2.05) is 30.5 Å². The minimum absolute atomic E-state index is 0.0326. The highest BCUT2D eigenvalue weighted by Crippen LogP contribution is 2.24. The second kappa shape index (κ2) is 11.0. The summed E-state index contributed by atoms with van der Waals surface area (Å²) >= 11 is 0. The van der Waals surface area contributed by atoms with Crippen LogP contribution in [0.15, 0.2) is 53.0 Å². The molecule has 0 aliphatic carbocycles. The van der Waals surface area contributed by atoms with E-state index >= 15 is 0 Å². The zero-order valence-corrected chi connectivity index (χ0v) is 18.4. The molecule has 2 aromatic heterocycles. The fourth-order valence-corrected chi connectivity index (χ4v) is 3.83. The van der Waals surface area contributed by atoms with Crippen LogP contribution in [0.2, 0.25) is 0 Å². The number of aryl methyl sites for hydroxylation is 1. The number of aromatic amines is 2. The summed E-state index contributed by atoms with van der Waals surface area (Å²) in [7, 11) is 1.66. The van der Waals surface area contributed by atoms with Crippen LogP contribution in [0.5, 0.6) is 0 Å². The van der Waals surface area contributed by atoms with Crippen molar-refractivity contribution in [3.63, 3.8) is 0 Å². The van der Waals surface area contributed by atoms with Crippen molar-refractivity contribution in [2.45, 2.75) is 31.7 Å². The Morgan fingerprint density at radius 3 is 3.03 bits per heavy atom. The molecule has 1 unspecified atom stereocenters. The molecule has 1 fully saturated rings. The minimum atomic E-state index is -0.216. The smallest absolute Gasteiger partial charge is 0.239 e. The number of carbonyl (C=O) groups is 1. The summed E-state index contributed by atoms with van der Waals surface area (Å²) in [5.74, 6) is 0.785. The van der Waals surface area contributed by atoms with Crippen molar-refractivity contribution < 1.29 is 14.3 Å². The molecule has 2 aromatic rings. The van der Waals surface area contributed by atoms with E-state index in [1.54, 1.807) is 7.11 Å². The molecule has 8 nitrogen and oxygen atoms in total. The number of nitrogens with one attached hydrogen (secondary N) is 4. The van der Waals surface area contributed by atoms with Crippen molar-refractivity contribution >= 4 is 17.7 Å². The van der Waals surface area contributed by atoms with Gasteiger partial charge < -0.3 is 30.1 Å². The number of allylic oxidation sites excluding steroid dienone is 1. The molecule has 2 aliphatic rings. The highest BCUT2D eigenvalue weighted by molar-refractivity contribution is 6.11. The van der Waals surface area contributed by atoms with Gasteiger partial charge in [-0.2, -0.15) is 0 Å². The van der Waals surface area contributed by atoms with Gasteiger partial charge in [0.2, 0.25) is 5.91 Å². The third kappa shape index (κ3) is 5.77. The molecule has 0 bridgehead atoms. The predicted octanol–water partition coefficient (Wildman–Crippen LogP) is 2.53. The van der Waals surface area contributed by atoms with E-state index in [0.29, 0.717) is 19.8 Å². The maximum Gasteiger partial charge on any atom is 0.239 e. The van der Waals surface area contributed by atoms with Crippen molar-refractivity contribution in [2.75, 3.05) is 33.4 Å². The Hall–Kier alpha value is -3.10. The first-order valence-corrected chi connectivity index (χ1v) is 11.2. The second-order valence-corrected chi connectivity index (χ2v) is 7.95. The summed E-state index contributed by atoms with van der Waals surface area (Å²) in [5.41, 5.74) is 4.83. The zero-order chi connectivity index (χ0) is 22.2. The van der Waals surface area contributed by atoms with Gasteiger partial charge in [0.05, 0.1) is 31.7 Å². The first-order valence-electron chi connectivity index (χ1n) is 11.2. The molecule has 8 heteroatoms. The van der Waals surface area contributed by atoms with E-state index in [2.05, 4.69) is 32.7 Å². The number of ether oxygens (including phenoxy) is 2. The van der Waals surface area contributed by atoms with Gasteiger partial charge >= 0.3 is 0 Å². The van der Waals surface area contributed by atoms with Gasteiger partial charge in [0, 0.05) is 36.8 Å². The van der Waals surface area contributed by atoms with Crippen LogP contribution < -0.4 is 10.6 Å². The zero-order valence-electron chi connectivity index (χ0n) is 18.4. The van der Waals surface area contributed by atoms with Gasteiger partial charge in [-0.3, -0.25) is 4.79 Å². The first-order chi connectivity index (χ1) is 15.7. The van der Waals surface area contributed by atoms with Crippen molar-refractivity contribution in [3.8, 4) is 0 Å². The molecule has 1 amide bonds. The number of H-pyrrole nitrogens is 2. The number of unbranched alkanes of at least 4 members (excludes halogenated alkanes) is 2. The minimum Gasteiger partial charge on any atom is -0.494 e. The maximum absolute atomic E-state index is 12.0. The monoisotopic (exact) mass is 437 g/mol. The molecular weight excluding hydrogens is 406 g/mol. The van der Waals surface area contributed by atoms with Gasteiger partial charge in [-0.15, -0.1) is 0 Å². The molecule has 0 radical (unpaired) electrons. The van der Waals surface area contributed by atoms with Crippen LogP contribution in [0.3, 0.4) is 0 Å². The largest absolute Gasteiger partial charge is 0.494 e. The molecule has 32 heavy (non-hydrogen) atoms. The predicted molar refractivity (Wildman–Crippen MR) is 124 cm³/mol. The lowest BCUT2D eigenvalue weighted by Gasteiger charge is -2.22. The summed E-state index contributed by atoms with van der Waals surface area (Å²) in [5, 5.41) is 6.16. The third-order valence-corrected chi connectivity index (χ3v) is 5.58. The Bertz CT molecular complexity index is 981. The number of nitrogens with zero attached hydrogens (tertiary/aromatic N) is 1. The summed E-state index contributed by atoms with van der Waals surface area (Å²) in [4.78, 5) is 23.4. The lowest BCUT2D eigenvalue weighted by molar-refractivity contribution is -0.125. The van der Waals surface area contributed by atoms with Crippen LogP contribution in [0.1, 0.15) is 36.3 Å². The Balaban J connectivity index is 1.20. The number of methoxy groups -OCH3 is 1. The van der Waals surface area contributed by atoms with E-state index in [-0.39, 0.29) is 11.9 Å². The van der Waals surface area contributed by atoms with Gasteiger partial charge in [0.15, 0.2) is 0 Å². The van der Waals surface area contributed by atoms with Crippen LogP contribution in [-0.2, 0) is 20.7 Å². The van der Waals surface area contributed by atoms with Gasteiger partial charge in [-0.05, 0) is 49.6 Å². The fourth-order valence-electron chi connectivity index (χ4n) is 3.83. The quantitative estimate of drug-likeness (QED) is 0.429. The molecule has 4 heterocycles. The van der Waals surface area contributed by atoms with Crippen molar-refractivity contribution in [1.82, 2.24) is 20.6 Å². The molecule has 0 spiro atoms. The van der Waals surface area contributed by atoms with Crippen LogP contribution in [0.25, 0.3) is 6.08 Å². The van der Waals surface area contributed by atoms with Gasteiger partial charge in [0.25, 0.3) is 0 Å². The first kappa shape index (κ1) is 22.1. The summed E-state index contributed by atoms with van der Waals surface area (Å²) in [6, 6.07) is 7.91. The van der Waals surface area contributed by atoms with Crippen molar-refractivity contribution in [1.29, 1.82) is 0 Å². The van der Waals surface area contributed by atoms with Gasteiger partial charge in [0.1, 0.15) is 17.5 Å². The Kier molecular flexibility index (Phi) is 7.58. The molecular formula is C24H31N5O3. The van der Waals surface area contributed by atoms with E-state index in [0.717, 1.165) is 60.8 Å². The molecule has 4 N–H and O–H groups in total. The third-order valence-electron chi connectivity index (χ3n) is 5.58. The number of aliphatic imine (C=N–C) groups is 1. The summed E-state index contributed by atoms with van der Waals surface area (Å²) < 4.78 is 10.8. The molecule has 170 valence electrons. The van der Waals surface area contributed by atoms with Crippen LogP contribution in [-0.4, -0.2) is 61.0 Å². The fraction of sp³-hybridized carbons (Fsp3) is 0.417. The number of rotatable bonds is 10. The maximum atomic E-state index is 12.0. The molecule has 1 atom stereocenters. The highest BCUT2D eigenvalue weighted by atomic mass is 16.5. The number of hydrogen-bond acceptors (Lipinski definition) is 5. The lowest BCUT2D eigenvalue weighted by atomic mass is 10.1.